The average molecular weight is 993 g/mol. The van der Waals surface area contributed by atoms with Gasteiger partial charge in [-0.3, -0.25) is 29.7 Å². The second-order valence-corrected chi connectivity index (χ2v) is 15.5. The van der Waals surface area contributed by atoms with E-state index in [1.807, 2.05) is 18.2 Å². The van der Waals surface area contributed by atoms with Gasteiger partial charge in [0.25, 0.3) is 22.4 Å². The molecule has 0 atom stereocenters. The fourth-order valence-electron chi connectivity index (χ4n) is 7.28. The number of nitrogen functional groups attached to an aromatic ring is 1. The van der Waals surface area contributed by atoms with Crippen LogP contribution in [0.4, 0.5) is 11.4 Å². The van der Waals surface area contributed by atoms with Crippen molar-refractivity contribution in [2.45, 2.75) is 31.7 Å². The summed E-state index contributed by atoms with van der Waals surface area (Å²) in [6.45, 7) is 7.45. The molecule has 364 valence electrons. The number of nitro groups is 1. The van der Waals surface area contributed by atoms with Crippen LogP contribution < -0.4 is 21.0 Å². The van der Waals surface area contributed by atoms with Gasteiger partial charge >= 0.3 is 17.9 Å². The number of piperidine rings is 2. The molecule has 3 fully saturated rings. The molecule has 0 spiro atoms. The van der Waals surface area contributed by atoms with Gasteiger partial charge in [0.2, 0.25) is 5.52 Å². The number of carboxylic acid groups (broad SMARTS) is 3. The van der Waals surface area contributed by atoms with Crippen LogP contribution in [0.15, 0.2) is 128 Å². The minimum Gasteiger partial charge on any atom is -0.478 e. The van der Waals surface area contributed by atoms with Crippen molar-refractivity contribution < 1.29 is 62.7 Å². The predicted molar refractivity (Wildman–Crippen MR) is 248 cm³/mol. The number of fused-ring (bicyclic) bond motifs is 7. The van der Waals surface area contributed by atoms with Crippen molar-refractivity contribution >= 4 is 85.1 Å². The van der Waals surface area contributed by atoms with E-state index in [1.54, 1.807) is 18.2 Å². The van der Waals surface area contributed by atoms with Crippen molar-refractivity contribution in [2.75, 3.05) is 18.9 Å². The fourth-order valence-corrected chi connectivity index (χ4v) is 7.40. The molecule has 8 aromatic rings. The van der Waals surface area contributed by atoms with Crippen LogP contribution in [0.2, 0.25) is 0 Å². The van der Waals surface area contributed by atoms with Gasteiger partial charge in [0.05, 0.1) is 32.3 Å². The summed E-state index contributed by atoms with van der Waals surface area (Å²) in [5.74, 6) is -2.38. The van der Waals surface area contributed by atoms with Gasteiger partial charge in [0, 0.05) is 35.8 Å². The molecule has 3 aromatic heterocycles. The summed E-state index contributed by atoms with van der Waals surface area (Å²) in [5, 5.41) is 53.9. The lowest BCUT2D eigenvalue weighted by molar-refractivity contribution is -0.692. The SMILES string of the molecule is C=C.Nc1ccc(C(=O)O)cc1[N+](=O)[O-].O=C(Cl)c1ccc2nonc2c1.O=C(O)c1ccc2[nH]o[n+](=O)c2c1.O=C(O)c1ccc2nonc2c1.O=C(c1ccc2c(c1)=NCN=2)N1CC2CCC1CC2. The molecule has 2 saturated heterocycles. The van der Waals surface area contributed by atoms with Gasteiger partial charge < -0.3 is 26.0 Å². The summed E-state index contributed by atoms with van der Waals surface area (Å²) >= 11 is 5.25. The molecule has 12 rings (SSSR count). The van der Waals surface area contributed by atoms with E-state index in [1.165, 1.54) is 74.2 Å². The second kappa shape index (κ2) is 23.0. The molecule has 1 saturated carbocycles. The van der Waals surface area contributed by atoms with Crippen molar-refractivity contribution in [1.82, 2.24) is 30.7 Å². The smallest absolute Gasteiger partial charge is 0.335 e. The molecular weight excluding hydrogens is 954 g/mol. The maximum atomic E-state index is 12.6. The third kappa shape index (κ3) is 12.5. The third-order valence-corrected chi connectivity index (χ3v) is 11.0. The summed E-state index contributed by atoms with van der Waals surface area (Å²) < 4.78 is 13.5. The van der Waals surface area contributed by atoms with E-state index < -0.39 is 28.1 Å². The highest BCUT2D eigenvalue weighted by Crippen LogP contribution is 2.35. The summed E-state index contributed by atoms with van der Waals surface area (Å²) in [6.07, 6.45) is 4.96. The first-order valence-corrected chi connectivity index (χ1v) is 21.2. The molecule has 0 unspecified atom stereocenters. The zero-order valence-corrected chi connectivity index (χ0v) is 37.5. The molecule has 25 nitrogen and oxygen atoms in total. The van der Waals surface area contributed by atoms with Crippen LogP contribution in [0.25, 0.3) is 33.1 Å². The number of aromatic carboxylic acids is 3. The number of carbonyl (C=O) groups excluding carboxylic acids is 2. The van der Waals surface area contributed by atoms with Crippen LogP contribution in [0.1, 0.15) is 77.5 Å². The number of carbonyl (C=O) groups is 5. The highest BCUT2D eigenvalue weighted by molar-refractivity contribution is 6.67. The van der Waals surface area contributed by atoms with E-state index in [0.29, 0.717) is 45.9 Å². The third-order valence-electron chi connectivity index (χ3n) is 10.8. The van der Waals surface area contributed by atoms with Crippen molar-refractivity contribution in [3.05, 3.63) is 158 Å². The maximum absolute atomic E-state index is 12.6. The van der Waals surface area contributed by atoms with Gasteiger partial charge in [-0.1, -0.05) is 9.79 Å². The zero-order chi connectivity index (χ0) is 51.4. The lowest BCUT2D eigenvalue weighted by atomic mass is 9.79. The first-order valence-electron chi connectivity index (χ1n) is 20.8. The van der Waals surface area contributed by atoms with Crippen molar-refractivity contribution in [3.8, 4) is 0 Å². The van der Waals surface area contributed by atoms with Crippen molar-refractivity contribution in [3.63, 3.8) is 0 Å². The van der Waals surface area contributed by atoms with E-state index in [4.69, 9.17) is 32.7 Å². The van der Waals surface area contributed by atoms with Gasteiger partial charge in [-0.15, -0.1) is 13.2 Å². The number of rotatable bonds is 6. The van der Waals surface area contributed by atoms with Crippen LogP contribution in [0.3, 0.4) is 0 Å². The largest absolute Gasteiger partial charge is 0.478 e. The minimum atomic E-state index is -1.22. The number of nitrogens with two attached hydrogens (primary N) is 1. The Hall–Kier alpha value is -9.52. The number of nitrogens with one attached hydrogen (secondary N) is 1. The Morgan fingerprint density at radius 2 is 1.23 bits per heavy atom. The number of hydrogen-bond donors (Lipinski definition) is 5. The number of aromatic nitrogens is 6. The summed E-state index contributed by atoms with van der Waals surface area (Å²) in [4.78, 5) is 85.9. The standard InChI is InChI=1S/C15H17N3O.C7H3ClN2O2.C7H4N2O4.C7H6N2O4.C7H4N2O3.C2H4/c19-15(18-8-10-1-4-12(18)5-2-10)11-3-6-13-14(7-11)17-9-16-13;8-7(11)4-1-2-5-6(3-4)10-12-9-5;10-7(11)4-1-2-5-6(3-4)9(12)13-8-5;8-5-2-1-4(7(10)11)3-6(5)9(12)13;10-7(11)4-1-2-5-6(3-4)9-12-8-5;1-2/h3,6-7,10,12H,1-2,4-5,8-9H2;1-3H;1-3H,(H-,8,10,11,12);1-3H,8H2,(H,10,11);1-3H,(H,10,11);1-2H2/p+1. The molecule has 26 heteroatoms. The van der Waals surface area contributed by atoms with E-state index in [0.717, 1.165) is 34.8 Å². The van der Waals surface area contributed by atoms with Crippen LogP contribution in [0, 0.1) is 20.9 Å². The number of nitrogens with zero attached hydrogens (tertiary/aromatic N) is 9. The monoisotopic (exact) mass is 992 g/mol. The average Bonchev–Trinajstić information content (AvgIpc) is 4.23. The Bertz CT molecular complexity index is 3410. The number of hydrogen-bond acceptors (Lipinski definition) is 18. The minimum absolute atomic E-state index is 0.0463. The summed E-state index contributed by atoms with van der Waals surface area (Å²) in [6, 6.07) is 22.8. The van der Waals surface area contributed by atoms with Crippen LogP contribution in [-0.2, 0) is 0 Å². The zero-order valence-electron chi connectivity index (χ0n) is 36.8. The van der Waals surface area contributed by atoms with Crippen LogP contribution in [-0.4, -0.2) is 99.2 Å². The number of carboxylic acids is 3. The number of nitro benzene ring substituents is 1. The second-order valence-electron chi connectivity index (χ2n) is 15.1. The summed E-state index contributed by atoms with van der Waals surface area (Å²) in [7, 11) is 0. The molecule has 2 bridgehead atoms. The number of halogens is 1. The van der Waals surface area contributed by atoms with Gasteiger partial charge in [-0.05, 0) is 148 Å². The highest BCUT2D eigenvalue weighted by Gasteiger charge is 2.36. The van der Waals surface area contributed by atoms with Crippen LogP contribution >= 0.6 is 11.6 Å². The Morgan fingerprint density at radius 3 is 1.80 bits per heavy atom. The molecule has 4 aliphatic rings. The van der Waals surface area contributed by atoms with E-state index in [2.05, 4.69) is 67.7 Å². The topological polar surface area (TPSA) is 373 Å². The maximum Gasteiger partial charge on any atom is 0.335 e. The highest BCUT2D eigenvalue weighted by atomic mass is 35.5. The molecule has 3 aliphatic heterocycles. The van der Waals surface area contributed by atoms with E-state index in [9.17, 15) is 39.0 Å². The normalized spacial score (nSPS) is 14.6. The molecule has 71 heavy (non-hydrogen) atoms. The molecular formula is C45H39ClN11O14+. The van der Waals surface area contributed by atoms with Crippen molar-refractivity contribution in [1.29, 1.82) is 0 Å². The molecule has 6 N–H and O–H groups in total. The quantitative estimate of drug-likeness (QED) is 0.0452. The van der Waals surface area contributed by atoms with E-state index in [-0.39, 0.29) is 44.1 Å². The predicted octanol–water partition coefficient (Wildman–Crippen LogP) is 5.49. The number of benzene rings is 5. The Morgan fingerprint density at radius 1 is 0.704 bits per heavy atom. The Labute approximate surface area is 401 Å². The lowest BCUT2D eigenvalue weighted by Gasteiger charge is -2.45. The first kappa shape index (κ1) is 50.9. The van der Waals surface area contributed by atoms with Gasteiger partial charge in [-0.25, -0.2) is 23.6 Å². The molecule has 6 heterocycles. The van der Waals surface area contributed by atoms with E-state index >= 15 is 0 Å². The number of aromatic amines is 1. The molecule has 1 amide bonds. The Balaban J connectivity index is 0.000000146. The number of H-pyrrole nitrogens is 1. The number of amides is 1. The molecule has 5 aromatic carbocycles. The molecule has 0 radical (unpaired) electrons. The van der Waals surface area contributed by atoms with Gasteiger partial charge in [0.1, 0.15) is 34.4 Å². The fraction of sp³-hybridized carbons (Fsp3) is 0.178. The van der Waals surface area contributed by atoms with Crippen molar-refractivity contribution in [2.24, 2.45) is 15.9 Å². The molecule has 1 aliphatic carbocycles. The van der Waals surface area contributed by atoms with Crippen LogP contribution in [0.5, 0.6) is 0 Å². The summed E-state index contributed by atoms with van der Waals surface area (Å²) in [5.41, 5.74) is 8.83. The lowest BCUT2D eigenvalue weighted by Crippen LogP contribution is -2.51. The van der Waals surface area contributed by atoms with Gasteiger partial charge in [0.15, 0.2) is 4.60 Å². The van der Waals surface area contributed by atoms with Gasteiger partial charge in [-0.2, -0.15) is 0 Å². The number of anilines is 1. The Kier molecular flexibility index (Phi) is 16.5. The first-order chi connectivity index (χ1) is 34.1.